The Labute approximate surface area is 197 Å². The van der Waals surface area contributed by atoms with Gasteiger partial charge < -0.3 is 18.6 Å². The summed E-state index contributed by atoms with van der Waals surface area (Å²) >= 11 is 0. The van der Waals surface area contributed by atoms with Gasteiger partial charge in [-0.05, 0) is 35.7 Å². The first-order chi connectivity index (χ1) is 16.6. The van der Waals surface area contributed by atoms with Gasteiger partial charge in [0.15, 0.2) is 16.9 Å². The minimum atomic E-state index is -0.678. The quantitative estimate of drug-likeness (QED) is 0.303. The third-order valence-electron chi connectivity index (χ3n) is 5.04. The van der Waals surface area contributed by atoms with Crippen LogP contribution in [-0.2, 0) is 18.0 Å². The second kappa shape index (κ2) is 11.0. The summed E-state index contributed by atoms with van der Waals surface area (Å²) in [7, 11) is 0. The molecule has 0 aliphatic carbocycles. The molecule has 4 aromatic rings. The summed E-state index contributed by atoms with van der Waals surface area (Å²) in [6.45, 7) is 2.58. The van der Waals surface area contributed by atoms with E-state index in [1.807, 2.05) is 60.7 Å². The van der Waals surface area contributed by atoms with Crippen LogP contribution in [0, 0.1) is 0 Å². The average Bonchev–Trinajstić information content (AvgIpc) is 2.88. The molecule has 4 rings (SSSR count). The fraction of sp³-hybridized carbons (Fsp3) is 0.143. The summed E-state index contributed by atoms with van der Waals surface area (Å²) in [6, 6.07) is 26.0. The van der Waals surface area contributed by atoms with Crippen LogP contribution in [0.5, 0.6) is 11.5 Å². The van der Waals surface area contributed by atoms with Crippen molar-refractivity contribution in [3.8, 4) is 22.6 Å². The normalized spacial score (nSPS) is 10.5. The standard InChI is InChI=1S/C28H24O6/c1-2-31-28(30)27-16-24(29)23(19-34-27)22-13-14-25(32-17-20-9-5-3-6-10-20)26(15-22)33-18-21-11-7-4-8-12-21/h3-16,19H,2,17-18H2,1H3. The molecule has 0 spiro atoms. The first kappa shape index (κ1) is 22.9. The highest BCUT2D eigenvalue weighted by Crippen LogP contribution is 2.33. The molecule has 0 fully saturated rings. The molecule has 1 heterocycles. The van der Waals surface area contributed by atoms with Crippen molar-refractivity contribution < 1.29 is 23.4 Å². The zero-order valence-electron chi connectivity index (χ0n) is 18.7. The van der Waals surface area contributed by atoms with Gasteiger partial charge in [-0.3, -0.25) is 4.79 Å². The van der Waals surface area contributed by atoms with Gasteiger partial charge in [-0.1, -0.05) is 66.7 Å². The van der Waals surface area contributed by atoms with Crippen LogP contribution in [-0.4, -0.2) is 12.6 Å². The van der Waals surface area contributed by atoms with E-state index in [-0.39, 0.29) is 17.8 Å². The Morgan fingerprint density at radius 1 is 0.794 bits per heavy atom. The highest BCUT2D eigenvalue weighted by molar-refractivity contribution is 5.86. The molecular weight excluding hydrogens is 432 g/mol. The Balaban J connectivity index is 1.62. The van der Waals surface area contributed by atoms with E-state index in [1.54, 1.807) is 25.1 Å². The minimum Gasteiger partial charge on any atom is -0.485 e. The van der Waals surface area contributed by atoms with E-state index in [1.165, 1.54) is 6.26 Å². The molecule has 6 nitrogen and oxygen atoms in total. The van der Waals surface area contributed by atoms with E-state index in [0.717, 1.165) is 17.2 Å². The van der Waals surface area contributed by atoms with Crippen LogP contribution in [0.25, 0.3) is 11.1 Å². The molecule has 0 unspecified atom stereocenters. The van der Waals surface area contributed by atoms with Crippen molar-refractivity contribution in [2.45, 2.75) is 20.1 Å². The Morgan fingerprint density at radius 3 is 2.00 bits per heavy atom. The third-order valence-corrected chi connectivity index (χ3v) is 5.04. The monoisotopic (exact) mass is 456 g/mol. The summed E-state index contributed by atoms with van der Waals surface area (Å²) in [5.41, 5.74) is 2.55. The van der Waals surface area contributed by atoms with E-state index in [4.69, 9.17) is 18.6 Å². The lowest BCUT2D eigenvalue weighted by atomic mass is 10.1. The minimum absolute atomic E-state index is 0.140. The first-order valence-corrected chi connectivity index (χ1v) is 10.9. The SMILES string of the molecule is CCOC(=O)c1cc(=O)c(-c2ccc(OCc3ccccc3)c(OCc3ccccc3)c2)co1. The van der Waals surface area contributed by atoms with E-state index < -0.39 is 5.97 Å². The highest BCUT2D eigenvalue weighted by Gasteiger charge is 2.15. The largest absolute Gasteiger partial charge is 0.485 e. The number of hydrogen-bond acceptors (Lipinski definition) is 6. The van der Waals surface area contributed by atoms with Crippen molar-refractivity contribution >= 4 is 5.97 Å². The molecule has 0 aliphatic rings. The van der Waals surface area contributed by atoms with Crippen LogP contribution in [0.4, 0.5) is 0 Å². The highest BCUT2D eigenvalue weighted by atomic mass is 16.5. The van der Waals surface area contributed by atoms with Crippen molar-refractivity contribution in [2.24, 2.45) is 0 Å². The molecule has 3 aromatic carbocycles. The van der Waals surface area contributed by atoms with Gasteiger partial charge in [-0.2, -0.15) is 0 Å². The van der Waals surface area contributed by atoms with E-state index in [9.17, 15) is 9.59 Å². The predicted octanol–water partition coefficient (Wildman–Crippen LogP) is 5.64. The zero-order chi connectivity index (χ0) is 23.8. The molecule has 0 saturated heterocycles. The molecule has 0 N–H and O–H groups in total. The Morgan fingerprint density at radius 2 is 1.41 bits per heavy atom. The summed E-state index contributed by atoms with van der Waals surface area (Å²) in [5, 5.41) is 0. The first-order valence-electron chi connectivity index (χ1n) is 10.9. The molecule has 6 heteroatoms. The lowest BCUT2D eigenvalue weighted by Gasteiger charge is -2.14. The van der Waals surface area contributed by atoms with Crippen LogP contribution >= 0.6 is 0 Å². The van der Waals surface area contributed by atoms with Crippen molar-refractivity contribution in [1.29, 1.82) is 0 Å². The summed E-state index contributed by atoms with van der Waals surface area (Å²) < 4.78 is 22.4. The van der Waals surface area contributed by atoms with Crippen molar-refractivity contribution in [3.05, 3.63) is 118 Å². The molecule has 0 amide bonds. The van der Waals surface area contributed by atoms with Crippen LogP contribution in [0.1, 0.15) is 28.6 Å². The molecular formula is C28H24O6. The second-order valence-corrected chi connectivity index (χ2v) is 7.45. The van der Waals surface area contributed by atoms with Crippen molar-refractivity contribution in [3.63, 3.8) is 0 Å². The lowest BCUT2D eigenvalue weighted by molar-refractivity contribution is 0.0487. The predicted molar refractivity (Wildman–Crippen MR) is 128 cm³/mol. The average molecular weight is 456 g/mol. The third kappa shape index (κ3) is 5.72. The maximum absolute atomic E-state index is 12.7. The van der Waals surface area contributed by atoms with Crippen molar-refractivity contribution in [2.75, 3.05) is 6.61 Å². The number of benzene rings is 3. The summed E-state index contributed by atoms with van der Waals surface area (Å²) in [5.74, 6) is 0.226. The second-order valence-electron chi connectivity index (χ2n) is 7.45. The number of carbonyl (C=O) groups is 1. The number of rotatable bonds is 9. The Hall–Kier alpha value is -4.32. The van der Waals surface area contributed by atoms with E-state index in [2.05, 4.69) is 0 Å². The molecule has 34 heavy (non-hydrogen) atoms. The smallest absolute Gasteiger partial charge is 0.374 e. The molecule has 0 bridgehead atoms. The van der Waals surface area contributed by atoms with E-state index >= 15 is 0 Å². The van der Waals surface area contributed by atoms with Gasteiger partial charge in [-0.25, -0.2) is 4.79 Å². The maximum Gasteiger partial charge on any atom is 0.374 e. The van der Waals surface area contributed by atoms with Crippen molar-refractivity contribution in [1.82, 2.24) is 0 Å². The fourth-order valence-corrected chi connectivity index (χ4v) is 3.31. The van der Waals surface area contributed by atoms with Crippen LogP contribution in [0.3, 0.4) is 0 Å². The molecule has 0 saturated carbocycles. The summed E-state index contributed by atoms with van der Waals surface area (Å²) in [4.78, 5) is 24.6. The van der Waals surface area contributed by atoms with Gasteiger partial charge in [0.25, 0.3) is 0 Å². The molecule has 0 radical (unpaired) electrons. The molecule has 0 atom stereocenters. The van der Waals surface area contributed by atoms with Gasteiger partial charge in [0.1, 0.15) is 19.5 Å². The van der Waals surface area contributed by atoms with E-state index in [0.29, 0.717) is 35.8 Å². The number of ether oxygens (including phenoxy) is 3. The molecule has 172 valence electrons. The van der Waals surface area contributed by atoms with Gasteiger partial charge in [0.2, 0.25) is 5.76 Å². The number of hydrogen-bond donors (Lipinski definition) is 0. The van der Waals surface area contributed by atoms with Gasteiger partial charge in [0.05, 0.1) is 12.2 Å². The van der Waals surface area contributed by atoms with Crippen LogP contribution in [0.2, 0.25) is 0 Å². The van der Waals surface area contributed by atoms with Gasteiger partial charge >= 0.3 is 5.97 Å². The number of carbonyl (C=O) groups excluding carboxylic acids is 1. The molecule has 1 aromatic heterocycles. The Bertz CT molecular complexity index is 1300. The molecule has 0 aliphatic heterocycles. The maximum atomic E-state index is 12.7. The van der Waals surface area contributed by atoms with Gasteiger partial charge in [-0.15, -0.1) is 0 Å². The van der Waals surface area contributed by atoms with Crippen LogP contribution < -0.4 is 14.9 Å². The lowest BCUT2D eigenvalue weighted by Crippen LogP contribution is -2.11. The zero-order valence-corrected chi connectivity index (χ0v) is 18.7. The summed E-state index contributed by atoms with van der Waals surface area (Å²) in [6.07, 6.45) is 1.26. The fourth-order valence-electron chi connectivity index (χ4n) is 3.31. The van der Waals surface area contributed by atoms with Crippen LogP contribution in [0.15, 0.2) is 100 Å². The number of esters is 1. The topological polar surface area (TPSA) is 75.0 Å². The Kier molecular flexibility index (Phi) is 7.40. The van der Waals surface area contributed by atoms with Gasteiger partial charge in [0, 0.05) is 6.07 Å².